The van der Waals surface area contributed by atoms with Crippen LogP contribution in [-0.2, 0) is 0 Å². The molecule has 0 aliphatic carbocycles. The van der Waals surface area contributed by atoms with Gasteiger partial charge in [0, 0.05) is 24.5 Å². The highest BCUT2D eigenvalue weighted by Crippen LogP contribution is 2.35. The molecule has 1 aromatic carbocycles. The van der Waals surface area contributed by atoms with Gasteiger partial charge in [-0.1, -0.05) is 0 Å². The smallest absolute Gasteiger partial charge is 0.231 e. The van der Waals surface area contributed by atoms with E-state index in [0.29, 0.717) is 0 Å². The molecule has 5 heteroatoms. The Bertz CT molecular complexity index is 810. The first-order valence-corrected chi connectivity index (χ1v) is 6.96. The molecule has 1 aliphatic rings. The second-order valence-corrected chi connectivity index (χ2v) is 4.91. The van der Waals surface area contributed by atoms with Gasteiger partial charge < -0.3 is 19.2 Å². The summed E-state index contributed by atoms with van der Waals surface area (Å²) in [6, 6.07) is 9.94. The Balaban J connectivity index is 1.76. The maximum Gasteiger partial charge on any atom is 0.231 e. The summed E-state index contributed by atoms with van der Waals surface area (Å²) in [5.41, 5.74) is 3.94. The monoisotopic (exact) mass is 281 g/mol. The fraction of sp³-hybridized carbons (Fsp3) is 0.188. The van der Waals surface area contributed by atoms with Gasteiger partial charge in [0.25, 0.3) is 0 Å². The van der Waals surface area contributed by atoms with Crippen molar-refractivity contribution in [2.75, 3.05) is 18.7 Å². The van der Waals surface area contributed by atoms with Gasteiger partial charge in [-0.25, -0.2) is 4.98 Å². The van der Waals surface area contributed by atoms with Crippen molar-refractivity contribution in [2.24, 2.45) is 0 Å². The molecule has 0 fully saturated rings. The number of hydrogen-bond donors (Lipinski definition) is 1. The Morgan fingerprint density at radius 1 is 1.14 bits per heavy atom. The third kappa shape index (κ3) is 2.07. The quantitative estimate of drug-likeness (QED) is 0.801. The molecule has 21 heavy (non-hydrogen) atoms. The van der Waals surface area contributed by atoms with Crippen LogP contribution in [0.3, 0.4) is 0 Å². The van der Waals surface area contributed by atoms with Crippen LogP contribution in [0.2, 0.25) is 0 Å². The third-order valence-corrected chi connectivity index (χ3v) is 3.50. The summed E-state index contributed by atoms with van der Waals surface area (Å²) in [6.45, 7) is 3.27. The predicted octanol–water partition coefficient (Wildman–Crippen LogP) is 3.16. The van der Waals surface area contributed by atoms with Crippen LogP contribution < -0.4 is 14.8 Å². The topological polar surface area (TPSA) is 47.8 Å². The summed E-state index contributed by atoms with van der Waals surface area (Å²) in [5, 5.41) is 3.30. The molecule has 5 nitrogen and oxygen atoms in total. The largest absolute Gasteiger partial charge is 0.454 e. The number of fused-ring (bicyclic) bond motifs is 2. The molecule has 0 amide bonds. The lowest BCUT2D eigenvalue weighted by Gasteiger charge is -2.02. The lowest BCUT2D eigenvalue weighted by molar-refractivity contribution is 0.174. The van der Waals surface area contributed by atoms with E-state index in [1.54, 1.807) is 0 Å². The minimum Gasteiger partial charge on any atom is -0.454 e. The van der Waals surface area contributed by atoms with Crippen molar-refractivity contribution in [3.05, 3.63) is 42.7 Å². The molecule has 0 unspecified atom stereocenters. The van der Waals surface area contributed by atoms with Gasteiger partial charge in [-0.05, 0) is 37.3 Å². The van der Waals surface area contributed by atoms with Crippen molar-refractivity contribution in [3.8, 4) is 22.8 Å². The van der Waals surface area contributed by atoms with E-state index in [0.717, 1.165) is 40.6 Å². The summed E-state index contributed by atoms with van der Waals surface area (Å²) in [5.74, 6) is 1.56. The van der Waals surface area contributed by atoms with Crippen LogP contribution in [0.5, 0.6) is 11.5 Å². The van der Waals surface area contributed by atoms with Crippen LogP contribution in [-0.4, -0.2) is 22.7 Å². The molecule has 0 radical (unpaired) electrons. The molecule has 2 aromatic heterocycles. The van der Waals surface area contributed by atoms with Gasteiger partial charge in [0.2, 0.25) is 6.79 Å². The van der Waals surface area contributed by atoms with Crippen LogP contribution in [0.25, 0.3) is 16.9 Å². The minimum absolute atomic E-state index is 0.288. The van der Waals surface area contributed by atoms with Crippen molar-refractivity contribution in [3.63, 3.8) is 0 Å². The summed E-state index contributed by atoms with van der Waals surface area (Å²) in [4.78, 5) is 4.65. The standard InChI is InChI=1S/C16H15N3O2/c1-2-17-12-4-6-16-18-13(9-19(16)8-12)11-3-5-14-15(7-11)21-10-20-14/h3-9,17H,2,10H2,1H3. The van der Waals surface area contributed by atoms with E-state index in [4.69, 9.17) is 9.47 Å². The Morgan fingerprint density at radius 2 is 2.05 bits per heavy atom. The van der Waals surface area contributed by atoms with Gasteiger partial charge in [-0.15, -0.1) is 0 Å². The lowest BCUT2D eigenvalue weighted by Crippen LogP contribution is -1.97. The number of aromatic nitrogens is 2. The highest BCUT2D eigenvalue weighted by Gasteiger charge is 2.15. The number of anilines is 1. The Hall–Kier alpha value is -2.69. The van der Waals surface area contributed by atoms with E-state index >= 15 is 0 Å². The van der Waals surface area contributed by atoms with Crippen LogP contribution in [0.1, 0.15) is 6.92 Å². The number of ether oxygens (including phenoxy) is 2. The lowest BCUT2D eigenvalue weighted by atomic mass is 10.1. The van der Waals surface area contributed by atoms with Crippen LogP contribution in [0.4, 0.5) is 5.69 Å². The molecule has 1 N–H and O–H groups in total. The van der Waals surface area contributed by atoms with Crippen molar-refractivity contribution < 1.29 is 9.47 Å². The number of rotatable bonds is 3. The summed E-state index contributed by atoms with van der Waals surface area (Å²) in [7, 11) is 0. The molecule has 0 spiro atoms. The predicted molar refractivity (Wildman–Crippen MR) is 80.9 cm³/mol. The van der Waals surface area contributed by atoms with Gasteiger partial charge in [0.05, 0.1) is 11.4 Å². The molecule has 0 saturated heterocycles. The average molecular weight is 281 g/mol. The molecule has 0 atom stereocenters. The van der Waals surface area contributed by atoms with E-state index in [1.807, 2.05) is 47.1 Å². The number of hydrogen-bond acceptors (Lipinski definition) is 4. The number of nitrogens with one attached hydrogen (secondary N) is 1. The first kappa shape index (κ1) is 12.1. The molecule has 0 saturated carbocycles. The van der Waals surface area contributed by atoms with Crippen LogP contribution in [0, 0.1) is 0 Å². The fourth-order valence-corrected chi connectivity index (χ4v) is 2.50. The van der Waals surface area contributed by atoms with Gasteiger partial charge in [-0.2, -0.15) is 0 Å². The Labute approximate surface area is 122 Å². The first-order chi connectivity index (χ1) is 10.3. The van der Waals surface area contributed by atoms with E-state index < -0.39 is 0 Å². The number of nitrogens with zero attached hydrogens (tertiary/aromatic N) is 2. The highest BCUT2D eigenvalue weighted by atomic mass is 16.7. The second-order valence-electron chi connectivity index (χ2n) is 4.91. The number of pyridine rings is 1. The normalized spacial score (nSPS) is 12.8. The van der Waals surface area contributed by atoms with Crippen molar-refractivity contribution >= 4 is 11.3 Å². The average Bonchev–Trinajstić information content (AvgIpc) is 3.12. The van der Waals surface area contributed by atoms with E-state index in [9.17, 15) is 0 Å². The summed E-state index contributed by atoms with van der Waals surface area (Å²) >= 11 is 0. The summed E-state index contributed by atoms with van der Waals surface area (Å²) in [6.07, 6.45) is 4.07. The maximum absolute atomic E-state index is 5.42. The molecule has 1 aliphatic heterocycles. The molecule has 3 heterocycles. The molecule has 0 bridgehead atoms. The van der Waals surface area contributed by atoms with E-state index in [1.165, 1.54) is 0 Å². The molecular formula is C16H15N3O2. The van der Waals surface area contributed by atoms with E-state index in [-0.39, 0.29) is 6.79 Å². The van der Waals surface area contributed by atoms with Gasteiger partial charge >= 0.3 is 0 Å². The number of benzene rings is 1. The second kappa shape index (κ2) is 4.70. The number of imidazole rings is 1. The zero-order chi connectivity index (χ0) is 14.2. The van der Waals surface area contributed by atoms with Gasteiger partial charge in [0.1, 0.15) is 5.65 Å². The van der Waals surface area contributed by atoms with Crippen molar-refractivity contribution in [1.82, 2.24) is 9.38 Å². The zero-order valence-corrected chi connectivity index (χ0v) is 11.7. The third-order valence-electron chi connectivity index (χ3n) is 3.50. The van der Waals surface area contributed by atoms with Crippen molar-refractivity contribution in [2.45, 2.75) is 6.92 Å². The molecular weight excluding hydrogens is 266 g/mol. The van der Waals surface area contributed by atoms with Gasteiger partial charge in [-0.3, -0.25) is 0 Å². The van der Waals surface area contributed by atoms with Gasteiger partial charge in [0.15, 0.2) is 11.5 Å². The van der Waals surface area contributed by atoms with E-state index in [2.05, 4.69) is 17.2 Å². The first-order valence-electron chi connectivity index (χ1n) is 6.96. The van der Waals surface area contributed by atoms with Crippen molar-refractivity contribution in [1.29, 1.82) is 0 Å². The highest BCUT2D eigenvalue weighted by molar-refractivity contribution is 5.67. The SMILES string of the molecule is CCNc1ccc2nc(-c3ccc4c(c3)OCO4)cn2c1. The fourth-order valence-electron chi connectivity index (χ4n) is 2.50. The summed E-state index contributed by atoms with van der Waals surface area (Å²) < 4.78 is 12.8. The molecule has 4 rings (SSSR count). The maximum atomic E-state index is 5.42. The Kier molecular flexibility index (Phi) is 2.70. The molecule has 106 valence electrons. The molecule has 3 aromatic rings. The van der Waals surface area contributed by atoms with Crippen LogP contribution >= 0.6 is 0 Å². The minimum atomic E-state index is 0.288. The Morgan fingerprint density at radius 3 is 2.95 bits per heavy atom. The van der Waals surface area contributed by atoms with Crippen LogP contribution in [0.15, 0.2) is 42.7 Å². The zero-order valence-electron chi connectivity index (χ0n) is 11.7.